The molecule has 12 rings (SSSR count). The number of fused-ring (bicyclic) bond motifs is 6. The van der Waals surface area contributed by atoms with Crippen LogP contribution in [0.1, 0.15) is 39.3 Å². The first-order chi connectivity index (χ1) is 36.2. The van der Waals surface area contributed by atoms with Gasteiger partial charge in [0.2, 0.25) is 0 Å². The van der Waals surface area contributed by atoms with Crippen molar-refractivity contribution in [2.75, 3.05) is 0 Å². The zero-order chi connectivity index (χ0) is 50.6. The second-order valence-electron chi connectivity index (χ2n) is 18.3. The molecule has 0 saturated carbocycles. The van der Waals surface area contributed by atoms with Crippen molar-refractivity contribution in [3.63, 3.8) is 0 Å². The lowest BCUT2D eigenvalue weighted by molar-refractivity contribution is 1.01. The van der Waals surface area contributed by atoms with Crippen molar-refractivity contribution in [3.8, 4) is 97.5 Å². The van der Waals surface area contributed by atoms with Gasteiger partial charge in [0.25, 0.3) is 0 Å². The van der Waals surface area contributed by atoms with Crippen LogP contribution in [0.5, 0.6) is 0 Å². The first-order valence-electron chi connectivity index (χ1n) is 23.8. The van der Waals surface area contributed by atoms with E-state index >= 15 is 0 Å². The second kappa shape index (κ2) is 17.8. The number of nitrogens with zero attached hydrogens (tertiary/aromatic N) is 9. The standard InChI is InChI=1S/C65H37N9/c1-39-27-58(72-40(2)71-39)65-63(73-59-30-50(46-11-3-41(34-66)4-12-46)19-23-54(59)55-24-20-51(31-60(55)73)47-13-5-42(35-67)6-14-47)28-45(38-70)29-64(65)74-61-32-52(48-15-7-43(36-68)8-16-48)21-25-56(61)57-26-22-53(33-62(57)74)49-17-9-44(37-69)10-18-49/h3-33H,1-2H3. The van der Waals surface area contributed by atoms with Gasteiger partial charge in [-0.25, -0.2) is 9.97 Å². The van der Waals surface area contributed by atoms with Crippen LogP contribution in [-0.4, -0.2) is 19.1 Å². The molecule has 0 spiro atoms. The Morgan fingerprint density at radius 2 is 0.595 bits per heavy atom. The Balaban J connectivity index is 1.23. The van der Waals surface area contributed by atoms with Gasteiger partial charge in [0.05, 0.1) is 97.3 Å². The predicted octanol–water partition coefficient (Wildman–Crippen LogP) is 15.0. The molecule has 0 fully saturated rings. The van der Waals surface area contributed by atoms with E-state index in [0.29, 0.717) is 50.7 Å². The molecular weight excluding hydrogens is 907 g/mol. The SMILES string of the molecule is Cc1cc(-c2c(-n3c4cc(-c5ccc(C#N)cc5)ccc4c4ccc(-c5ccc(C#N)cc5)cc43)cc(C#N)cc2-n2c3cc(-c4ccc(C#N)cc4)ccc3c3ccc(-c4ccc(C#N)cc4)cc32)nc(C)n1. The van der Waals surface area contributed by atoms with Crippen LogP contribution >= 0.6 is 0 Å². The average molecular weight is 944 g/mol. The highest BCUT2D eigenvalue weighted by Gasteiger charge is 2.26. The lowest BCUT2D eigenvalue weighted by Crippen LogP contribution is -2.07. The normalized spacial score (nSPS) is 11.0. The molecule has 0 bridgehead atoms. The Bertz CT molecular complexity index is 4020. The molecule has 3 aromatic heterocycles. The van der Waals surface area contributed by atoms with Crippen molar-refractivity contribution in [2.45, 2.75) is 13.8 Å². The highest BCUT2D eigenvalue weighted by atomic mass is 15.0. The highest BCUT2D eigenvalue weighted by Crippen LogP contribution is 2.45. The van der Waals surface area contributed by atoms with Crippen molar-refractivity contribution in [1.29, 1.82) is 26.3 Å². The fourth-order valence-electron chi connectivity index (χ4n) is 10.4. The monoisotopic (exact) mass is 943 g/mol. The molecule has 0 atom stereocenters. The molecule has 74 heavy (non-hydrogen) atoms. The van der Waals surface area contributed by atoms with E-state index < -0.39 is 0 Å². The second-order valence-corrected chi connectivity index (χ2v) is 18.3. The number of aromatic nitrogens is 4. The molecule has 0 unspecified atom stereocenters. The molecule has 0 aliphatic rings. The minimum atomic E-state index is 0.421. The highest BCUT2D eigenvalue weighted by molar-refractivity contribution is 6.14. The van der Waals surface area contributed by atoms with Crippen LogP contribution in [0.25, 0.3) is 111 Å². The fourth-order valence-corrected chi connectivity index (χ4v) is 10.4. The molecule has 9 aromatic carbocycles. The number of benzene rings is 9. The first-order valence-corrected chi connectivity index (χ1v) is 23.8. The zero-order valence-corrected chi connectivity index (χ0v) is 39.9. The molecule has 0 amide bonds. The van der Waals surface area contributed by atoms with Gasteiger partial charge in [0.15, 0.2) is 0 Å². The average Bonchev–Trinajstić information content (AvgIpc) is 3.96. The fraction of sp³-hybridized carbons (Fsp3) is 0.0308. The summed E-state index contributed by atoms with van der Waals surface area (Å²) in [5, 5.41) is 53.9. The lowest BCUT2D eigenvalue weighted by Gasteiger charge is -2.21. The molecule has 0 aliphatic carbocycles. The molecule has 0 N–H and O–H groups in total. The summed E-state index contributed by atoms with van der Waals surface area (Å²) in [6.45, 7) is 3.85. The number of nitriles is 5. The van der Waals surface area contributed by atoms with Gasteiger partial charge in [0, 0.05) is 32.8 Å². The van der Waals surface area contributed by atoms with Gasteiger partial charge in [-0.05, 0) is 149 Å². The Hall–Kier alpha value is -10.9. The van der Waals surface area contributed by atoms with Gasteiger partial charge < -0.3 is 9.13 Å². The van der Waals surface area contributed by atoms with Crippen molar-refractivity contribution < 1.29 is 0 Å². The molecule has 0 saturated heterocycles. The Labute approximate surface area is 425 Å². The van der Waals surface area contributed by atoms with Crippen molar-refractivity contribution in [3.05, 3.63) is 227 Å². The van der Waals surface area contributed by atoms with E-state index in [1.807, 2.05) is 129 Å². The molecule has 3 heterocycles. The van der Waals surface area contributed by atoms with Gasteiger partial charge >= 0.3 is 0 Å². The van der Waals surface area contributed by atoms with Gasteiger partial charge in [-0.3, -0.25) is 0 Å². The number of hydrogen-bond acceptors (Lipinski definition) is 7. The molecular formula is C65H37N9. The van der Waals surface area contributed by atoms with Crippen LogP contribution in [0.3, 0.4) is 0 Å². The maximum absolute atomic E-state index is 11.2. The van der Waals surface area contributed by atoms with Gasteiger partial charge in [-0.1, -0.05) is 97.1 Å². The molecule has 9 nitrogen and oxygen atoms in total. The summed E-state index contributed by atoms with van der Waals surface area (Å²) in [5.74, 6) is 0.586. The van der Waals surface area contributed by atoms with E-state index in [4.69, 9.17) is 9.97 Å². The van der Waals surface area contributed by atoms with Crippen LogP contribution in [0.15, 0.2) is 188 Å². The smallest absolute Gasteiger partial charge is 0.126 e. The Morgan fingerprint density at radius 1 is 0.311 bits per heavy atom. The molecule has 0 aliphatic heterocycles. The van der Waals surface area contributed by atoms with Crippen LogP contribution in [0.2, 0.25) is 0 Å². The van der Waals surface area contributed by atoms with Crippen molar-refractivity contribution in [1.82, 2.24) is 19.1 Å². The summed E-state index contributed by atoms with van der Waals surface area (Å²) >= 11 is 0. The minimum Gasteiger partial charge on any atom is -0.308 e. The van der Waals surface area contributed by atoms with Gasteiger partial charge in [0.1, 0.15) is 5.82 Å². The third kappa shape index (κ3) is 7.54. The van der Waals surface area contributed by atoms with Crippen LogP contribution < -0.4 is 0 Å². The lowest BCUT2D eigenvalue weighted by atomic mass is 10.00. The van der Waals surface area contributed by atoms with E-state index in [-0.39, 0.29) is 0 Å². The van der Waals surface area contributed by atoms with E-state index in [2.05, 4.69) is 112 Å². The van der Waals surface area contributed by atoms with Crippen LogP contribution in [0.4, 0.5) is 0 Å². The number of rotatable bonds is 7. The quantitative estimate of drug-likeness (QED) is 0.154. The molecule has 9 heteroatoms. The molecule has 12 aromatic rings. The van der Waals surface area contributed by atoms with Crippen LogP contribution in [0, 0.1) is 70.5 Å². The van der Waals surface area contributed by atoms with E-state index in [9.17, 15) is 26.3 Å². The summed E-state index contributed by atoms with van der Waals surface area (Å²) in [7, 11) is 0. The predicted molar refractivity (Wildman–Crippen MR) is 291 cm³/mol. The minimum absolute atomic E-state index is 0.421. The largest absolute Gasteiger partial charge is 0.308 e. The summed E-state index contributed by atoms with van der Waals surface area (Å²) < 4.78 is 4.49. The number of hydrogen-bond donors (Lipinski definition) is 0. The zero-order valence-electron chi connectivity index (χ0n) is 39.9. The summed E-state index contributed by atoms with van der Waals surface area (Å²) in [6, 6.07) is 73.3. The Kier molecular flexibility index (Phi) is 10.7. The summed E-state index contributed by atoms with van der Waals surface area (Å²) in [5.41, 5.74) is 17.4. The van der Waals surface area contributed by atoms with E-state index in [1.165, 1.54) is 0 Å². The first kappa shape index (κ1) is 44.3. The third-order valence-electron chi connectivity index (χ3n) is 13.9. The maximum atomic E-state index is 11.2. The van der Waals surface area contributed by atoms with Crippen molar-refractivity contribution in [2.24, 2.45) is 0 Å². The number of aryl methyl sites for hydroxylation is 2. The van der Waals surface area contributed by atoms with E-state index in [0.717, 1.165) is 99.4 Å². The van der Waals surface area contributed by atoms with Gasteiger partial charge in [-0.2, -0.15) is 26.3 Å². The van der Waals surface area contributed by atoms with Crippen molar-refractivity contribution >= 4 is 43.6 Å². The van der Waals surface area contributed by atoms with Gasteiger partial charge in [-0.15, -0.1) is 0 Å². The topological polar surface area (TPSA) is 155 Å². The van der Waals surface area contributed by atoms with Crippen LogP contribution in [-0.2, 0) is 0 Å². The summed E-state index contributed by atoms with van der Waals surface area (Å²) in [4.78, 5) is 9.97. The maximum Gasteiger partial charge on any atom is 0.126 e. The van der Waals surface area contributed by atoms with E-state index in [1.54, 1.807) is 0 Å². The Morgan fingerprint density at radius 3 is 0.865 bits per heavy atom. The summed E-state index contributed by atoms with van der Waals surface area (Å²) in [6.07, 6.45) is 0. The third-order valence-corrected chi connectivity index (χ3v) is 13.9. The molecule has 0 radical (unpaired) electrons. The molecule has 342 valence electrons.